The lowest BCUT2D eigenvalue weighted by Crippen LogP contribution is -2.18. The van der Waals surface area contributed by atoms with E-state index in [0.717, 1.165) is 25.1 Å². The molecule has 0 fully saturated rings. The molecule has 1 aliphatic rings. The molecule has 0 radical (unpaired) electrons. The molecular formula is C15H19N3O2. The predicted molar refractivity (Wildman–Crippen MR) is 74.5 cm³/mol. The summed E-state index contributed by atoms with van der Waals surface area (Å²) in [5.41, 5.74) is 2.77. The summed E-state index contributed by atoms with van der Waals surface area (Å²) in [6.07, 6.45) is 2.26. The Labute approximate surface area is 118 Å². The first-order chi connectivity index (χ1) is 9.76. The molecule has 20 heavy (non-hydrogen) atoms. The van der Waals surface area contributed by atoms with E-state index >= 15 is 0 Å². The van der Waals surface area contributed by atoms with Crippen LogP contribution in [0.5, 0.6) is 5.75 Å². The molecule has 0 spiro atoms. The number of aryl methyl sites for hydroxylation is 2. The predicted octanol–water partition coefficient (Wildman–Crippen LogP) is 2.55. The Morgan fingerprint density at radius 2 is 2.30 bits per heavy atom. The van der Waals surface area contributed by atoms with E-state index in [2.05, 4.69) is 34.6 Å². The van der Waals surface area contributed by atoms with Crippen LogP contribution in [0.4, 0.5) is 0 Å². The Morgan fingerprint density at radius 1 is 1.40 bits per heavy atom. The van der Waals surface area contributed by atoms with Crippen LogP contribution in [0, 0.1) is 6.92 Å². The molecule has 1 N–H and O–H groups in total. The lowest BCUT2D eigenvalue weighted by Gasteiger charge is -2.12. The van der Waals surface area contributed by atoms with Gasteiger partial charge in [-0.15, -0.1) is 10.2 Å². The fraction of sp³-hybridized carbons (Fsp3) is 0.467. The largest absolute Gasteiger partial charge is 0.484 e. The van der Waals surface area contributed by atoms with Crippen LogP contribution in [0.3, 0.4) is 0 Å². The molecule has 0 amide bonds. The van der Waals surface area contributed by atoms with Crippen molar-refractivity contribution >= 4 is 0 Å². The molecule has 5 nitrogen and oxygen atoms in total. The van der Waals surface area contributed by atoms with Gasteiger partial charge < -0.3 is 14.5 Å². The number of nitrogens with zero attached hydrogens (tertiary/aromatic N) is 2. The van der Waals surface area contributed by atoms with Crippen LogP contribution in [0.2, 0.25) is 0 Å². The van der Waals surface area contributed by atoms with E-state index in [1.165, 1.54) is 11.1 Å². The van der Waals surface area contributed by atoms with E-state index in [0.29, 0.717) is 24.4 Å². The van der Waals surface area contributed by atoms with E-state index in [-0.39, 0.29) is 0 Å². The summed E-state index contributed by atoms with van der Waals surface area (Å²) < 4.78 is 11.0. The molecule has 1 aromatic heterocycles. The zero-order chi connectivity index (χ0) is 13.9. The third kappa shape index (κ3) is 2.67. The monoisotopic (exact) mass is 273 g/mol. The van der Waals surface area contributed by atoms with Gasteiger partial charge in [-0.2, -0.15) is 0 Å². The van der Waals surface area contributed by atoms with Gasteiger partial charge in [0.25, 0.3) is 5.89 Å². The van der Waals surface area contributed by atoms with Crippen LogP contribution in [0.15, 0.2) is 22.6 Å². The number of hydrogen-bond acceptors (Lipinski definition) is 5. The van der Waals surface area contributed by atoms with Gasteiger partial charge in [-0.05, 0) is 42.6 Å². The highest BCUT2D eigenvalue weighted by molar-refractivity contribution is 5.40. The summed E-state index contributed by atoms with van der Waals surface area (Å²) in [6.45, 7) is 5.23. The van der Waals surface area contributed by atoms with E-state index in [9.17, 15) is 0 Å². The van der Waals surface area contributed by atoms with Crippen LogP contribution < -0.4 is 10.1 Å². The molecule has 1 atom stereocenters. The second-order valence-electron chi connectivity index (χ2n) is 5.01. The first kappa shape index (κ1) is 13.1. The second-order valence-corrected chi connectivity index (χ2v) is 5.01. The van der Waals surface area contributed by atoms with Gasteiger partial charge in [-0.25, -0.2) is 0 Å². The zero-order valence-electron chi connectivity index (χ0n) is 11.8. The maximum Gasteiger partial charge on any atom is 0.253 e. The summed E-state index contributed by atoms with van der Waals surface area (Å²) in [5, 5.41) is 11.2. The van der Waals surface area contributed by atoms with Crippen molar-refractivity contribution in [2.75, 3.05) is 6.54 Å². The lowest BCUT2D eigenvalue weighted by atomic mass is 10.1. The van der Waals surface area contributed by atoms with Crippen molar-refractivity contribution in [3.8, 4) is 5.75 Å². The Bertz CT molecular complexity index is 595. The van der Waals surface area contributed by atoms with Gasteiger partial charge >= 0.3 is 0 Å². The number of benzene rings is 1. The highest BCUT2D eigenvalue weighted by Crippen LogP contribution is 2.33. The van der Waals surface area contributed by atoms with Gasteiger partial charge in [0.2, 0.25) is 5.89 Å². The summed E-state index contributed by atoms with van der Waals surface area (Å²) in [5.74, 6) is 1.93. The van der Waals surface area contributed by atoms with Crippen molar-refractivity contribution in [1.29, 1.82) is 0 Å². The van der Waals surface area contributed by atoms with Crippen molar-refractivity contribution < 1.29 is 9.15 Å². The quantitative estimate of drug-likeness (QED) is 0.907. The average Bonchev–Trinajstić information content (AvgIpc) is 3.04. The van der Waals surface area contributed by atoms with E-state index in [1.54, 1.807) is 6.92 Å². The van der Waals surface area contributed by atoms with Gasteiger partial charge in [-0.1, -0.05) is 13.0 Å². The molecule has 0 bridgehead atoms. The fourth-order valence-electron chi connectivity index (χ4n) is 2.68. The van der Waals surface area contributed by atoms with Crippen LogP contribution >= 0.6 is 0 Å². The minimum absolute atomic E-state index is 0.316. The van der Waals surface area contributed by atoms with Crippen LogP contribution in [-0.4, -0.2) is 16.7 Å². The summed E-state index contributed by atoms with van der Waals surface area (Å²) in [4.78, 5) is 0. The number of ether oxygens (including phenoxy) is 1. The standard InChI is InChI=1S/C15H19N3O2/c1-3-16-14-7-4-11-8-12(5-6-13(11)14)19-9-15-18-17-10(2)20-15/h5-6,8,14,16H,3-4,7,9H2,1-2H3. The van der Waals surface area contributed by atoms with Crippen molar-refractivity contribution in [1.82, 2.24) is 15.5 Å². The molecule has 1 aliphatic carbocycles. The van der Waals surface area contributed by atoms with E-state index < -0.39 is 0 Å². The maximum atomic E-state index is 5.71. The zero-order valence-corrected chi connectivity index (χ0v) is 11.8. The lowest BCUT2D eigenvalue weighted by molar-refractivity contribution is 0.260. The van der Waals surface area contributed by atoms with Gasteiger partial charge in [0.1, 0.15) is 5.75 Å². The number of nitrogens with one attached hydrogen (secondary N) is 1. The minimum Gasteiger partial charge on any atom is -0.484 e. The van der Waals surface area contributed by atoms with Gasteiger partial charge in [0.05, 0.1) is 0 Å². The summed E-state index contributed by atoms with van der Waals surface area (Å²) in [6, 6.07) is 6.78. The molecule has 1 heterocycles. The molecule has 1 unspecified atom stereocenters. The molecule has 0 aliphatic heterocycles. The smallest absolute Gasteiger partial charge is 0.253 e. The van der Waals surface area contributed by atoms with E-state index in [4.69, 9.17) is 9.15 Å². The van der Waals surface area contributed by atoms with Gasteiger partial charge in [0, 0.05) is 13.0 Å². The molecule has 0 saturated carbocycles. The van der Waals surface area contributed by atoms with Gasteiger partial charge in [-0.3, -0.25) is 0 Å². The van der Waals surface area contributed by atoms with Gasteiger partial charge in [0.15, 0.2) is 6.61 Å². The highest BCUT2D eigenvalue weighted by Gasteiger charge is 2.21. The molecular weight excluding hydrogens is 254 g/mol. The molecule has 106 valence electrons. The van der Waals surface area contributed by atoms with Crippen molar-refractivity contribution in [2.45, 2.75) is 39.3 Å². The summed E-state index contributed by atoms with van der Waals surface area (Å²) >= 11 is 0. The Kier molecular flexibility index (Phi) is 3.69. The number of fused-ring (bicyclic) bond motifs is 1. The molecule has 5 heteroatoms. The minimum atomic E-state index is 0.316. The number of aromatic nitrogens is 2. The average molecular weight is 273 g/mol. The molecule has 0 saturated heterocycles. The van der Waals surface area contributed by atoms with Crippen molar-refractivity contribution in [3.05, 3.63) is 41.1 Å². The first-order valence-electron chi connectivity index (χ1n) is 7.04. The van der Waals surface area contributed by atoms with E-state index in [1.807, 2.05) is 6.07 Å². The molecule has 2 aromatic rings. The summed E-state index contributed by atoms with van der Waals surface area (Å²) in [7, 11) is 0. The Morgan fingerprint density at radius 3 is 3.05 bits per heavy atom. The Balaban J connectivity index is 1.67. The first-order valence-corrected chi connectivity index (χ1v) is 7.04. The topological polar surface area (TPSA) is 60.2 Å². The van der Waals surface area contributed by atoms with Crippen molar-refractivity contribution in [3.63, 3.8) is 0 Å². The normalized spacial score (nSPS) is 17.2. The third-order valence-corrected chi connectivity index (χ3v) is 3.57. The van der Waals surface area contributed by atoms with Crippen LogP contribution in [0.1, 0.15) is 42.3 Å². The van der Waals surface area contributed by atoms with Crippen molar-refractivity contribution in [2.24, 2.45) is 0 Å². The SMILES string of the molecule is CCNC1CCc2cc(OCc3nnc(C)o3)ccc21. The van der Waals surface area contributed by atoms with Crippen LogP contribution in [0.25, 0.3) is 0 Å². The van der Waals surface area contributed by atoms with Crippen LogP contribution in [-0.2, 0) is 13.0 Å². The maximum absolute atomic E-state index is 5.71. The Hall–Kier alpha value is -1.88. The number of rotatable bonds is 5. The highest BCUT2D eigenvalue weighted by atomic mass is 16.5. The molecule has 3 rings (SSSR count). The third-order valence-electron chi connectivity index (χ3n) is 3.57. The fourth-order valence-corrected chi connectivity index (χ4v) is 2.68. The number of hydrogen-bond donors (Lipinski definition) is 1. The molecule has 1 aromatic carbocycles. The second kappa shape index (κ2) is 5.63.